The Morgan fingerprint density at radius 2 is 0.940 bits per heavy atom. The molecule has 33 heteroatoms. The SMILES string of the molecule is CC(C)O.[B][C@H]1CC(OC(C)C)[C@@H](COP(=O)([O-])OC2C[C@H]([B])O[C@@]2(COC(C)C)C(C)=O)O1.[B][C@H]1CC(OC(C)C)[C@@H](COP(=O)([O-])OC2C[C@H]([B])O[C@@]2(COC(C)C)[Se]c2ccccc2)O1.[B][C@H]1CC(OC(C)C)[C@@H](COP(=O)([O-])[O-])O1. The first-order chi connectivity index (χ1) is 38.8. The molecule has 10 radical (unpaired) electrons. The summed E-state index contributed by atoms with van der Waals surface area (Å²) >= 11 is -0.348. The maximum absolute atomic E-state index is 12.9. The van der Waals surface area contributed by atoms with Crippen LogP contribution in [0.4, 0.5) is 0 Å². The maximum atomic E-state index is 12.9. The van der Waals surface area contributed by atoms with E-state index in [1.807, 2.05) is 85.7 Å². The van der Waals surface area contributed by atoms with E-state index in [-0.39, 0.29) is 110 Å². The first-order valence-corrected chi connectivity index (χ1v) is 34.1. The fraction of sp³-hybridized carbons (Fsp3) is 0.863. The van der Waals surface area contributed by atoms with Crippen molar-refractivity contribution in [2.45, 2.75) is 248 Å². The molecule has 1 aromatic carbocycles. The number of carbonyl (C=O) groups excluding carboxylic acids is 1. The number of hydrogen-bond acceptors (Lipinski definition) is 24. The van der Waals surface area contributed by atoms with Crippen molar-refractivity contribution in [3.8, 4) is 0 Å². The number of aliphatic hydroxyl groups is 1. The van der Waals surface area contributed by atoms with Gasteiger partial charge in [0.2, 0.25) is 0 Å². The van der Waals surface area contributed by atoms with Crippen molar-refractivity contribution in [1.29, 1.82) is 0 Å². The van der Waals surface area contributed by atoms with E-state index in [1.54, 1.807) is 27.7 Å². The second-order valence-corrected chi connectivity index (χ2v) is 28.9. The summed E-state index contributed by atoms with van der Waals surface area (Å²) in [5.41, 5.74) is -1.64. The van der Waals surface area contributed by atoms with E-state index in [0.29, 0.717) is 19.3 Å². The van der Waals surface area contributed by atoms with Crippen LogP contribution in [0.1, 0.15) is 122 Å². The number of aliphatic hydroxyl groups excluding tert-OH is 1. The van der Waals surface area contributed by atoms with Crippen LogP contribution in [0.3, 0.4) is 0 Å². The minimum Gasteiger partial charge on any atom is -0.790 e. The molecule has 5 saturated heterocycles. The molecule has 5 heterocycles. The molecule has 5 fully saturated rings. The van der Waals surface area contributed by atoms with Gasteiger partial charge in [0.25, 0.3) is 7.82 Å². The second-order valence-electron chi connectivity index (χ2n) is 22.2. The molecule has 0 aliphatic carbocycles. The molecule has 6 rings (SSSR count). The molecule has 1 aromatic rings. The fourth-order valence-corrected chi connectivity index (χ4v) is 14.0. The molecule has 0 saturated carbocycles. The first kappa shape index (κ1) is 77.9. The topological polar surface area (TPSA) is 319 Å². The molecular formula is C51H84B5O24P3Se-4. The van der Waals surface area contributed by atoms with Crippen LogP contribution in [0.2, 0.25) is 0 Å². The van der Waals surface area contributed by atoms with Gasteiger partial charge in [0.15, 0.2) is 11.4 Å². The van der Waals surface area contributed by atoms with E-state index in [9.17, 15) is 38.1 Å². The van der Waals surface area contributed by atoms with Gasteiger partial charge in [-0.1, -0.05) is 0 Å². The quantitative estimate of drug-likeness (QED) is 0.0900. The number of ether oxygens (including phenoxy) is 10. The Morgan fingerprint density at radius 1 is 0.571 bits per heavy atom. The minimum atomic E-state index is -4.98. The van der Waals surface area contributed by atoms with E-state index in [1.165, 1.54) is 6.92 Å². The van der Waals surface area contributed by atoms with Crippen molar-refractivity contribution in [3.05, 3.63) is 30.3 Å². The van der Waals surface area contributed by atoms with Gasteiger partial charge in [-0.25, -0.2) is 0 Å². The average molecular weight is 1310 g/mol. The monoisotopic (exact) mass is 1310 g/mol. The zero-order chi connectivity index (χ0) is 63.5. The first-order valence-electron chi connectivity index (χ1n) is 28.0. The zero-order valence-electron chi connectivity index (χ0n) is 50.4. The molecule has 0 spiro atoms. The predicted molar refractivity (Wildman–Crippen MR) is 306 cm³/mol. The van der Waals surface area contributed by atoms with Crippen LogP contribution in [0.5, 0.6) is 0 Å². The van der Waals surface area contributed by atoms with E-state index >= 15 is 0 Å². The van der Waals surface area contributed by atoms with Gasteiger partial charge in [-0.2, -0.15) is 0 Å². The summed E-state index contributed by atoms with van der Waals surface area (Å²) in [6, 6.07) is 6.48. The van der Waals surface area contributed by atoms with Crippen LogP contribution in [-0.2, 0) is 88.5 Å². The molecule has 1 N–H and O–H groups in total. The third-order valence-corrected chi connectivity index (χ3v) is 17.4. The third-order valence-electron chi connectivity index (χ3n) is 12.2. The number of hydrogen-bond donors (Lipinski definition) is 1. The normalized spacial score (nSPS) is 33.0. The zero-order valence-corrected chi connectivity index (χ0v) is 54.8. The van der Waals surface area contributed by atoms with Gasteiger partial charge in [-0.05, 0) is 81.6 Å². The van der Waals surface area contributed by atoms with Gasteiger partial charge in [0.1, 0.15) is 41.9 Å². The van der Waals surface area contributed by atoms with Crippen LogP contribution >= 0.6 is 23.5 Å². The van der Waals surface area contributed by atoms with Gasteiger partial charge in [0, 0.05) is 24.1 Å². The predicted octanol–water partition coefficient (Wildman–Crippen LogP) is 0.897. The van der Waals surface area contributed by atoms with E-state index < -0.39 is 106 Å². The molecule has 24 nitrogen and oxygen atoms in total. The van der Waals surface area contributed by atoms with Crippen molar-refractivity contribution in [1.82, 2.24) is 0 Å². The summed E-state index contributed by atoms with van der Waals surface area (Å²) in [6.45, 7) is 22.3. The minimum absolute atomic E-state index is 0.0134. The molecule has 5 aliphatic heterocycles. The van der Waals surface area contributed by atoms with Crippen molar-refractivity contribution < 1.29 is 113 Å². The maximum Gasteiger partial charge on any atom is 0.109 e. The molecule has 472 valence electrons. The number of ketones is 1. The second kappa shape index (κ2) is 36.0. The Morgan fingerprint density at radius 3 is 1.32 bits per heavy atom. The Hall–Kier alpha value is -0.376. The molecule has 0 amide bonds. The molecule has 7 unspecified atom stereocenters. The molecule has 84 heavy (non-hydrogen) atoms. The van der Waals surface area contributed by atoms with Crippen LogP contribution in [0, 0.1) is 0 Å². The molecule has 5 aliphatic rings. The summed E-state index contributed by atoms with van der Waals surface area (Å²) in [5, 5.41) is 8.06. The summed E-state index contributed by atoms with van der Waals surface area (Å²) in [4.78, 5) is 58.4. The standard InChI is InChI=1S/C22H33B2O8PSe.C18H31B2O9P.C8H16BO6P.C3H8O/c1-14(2)27-13-22(34-16-8-6-5-7-9-16)19(11-21(24)31-22)32-33(25,26)28-12-18-17(29-15(3)4)10-20(23)30-18;1-10(2)24-9-18(12(5)21)15(7-17(20)28-18)29-30(22,23)25-8-14-13(26-11(3)4)6-16(19)27-14;1-5(2)14-6-3-8(9)15-7(6)4-13-16(10,11)12;1-3(2)4/h5-9,14-15,17-21H,10-13H2,1-4H3,(H,25,26);10-11,13-17H,6-9H2,1-5H3,(H,22,23);5-8H,3-4H2,1-2H3,(H2,10,11,12);3-4H,1-2H3/p-4/t17?,18-,19?,20-,21-,22+;13?,14-,15?,16-,17-,18+;6?,7-,8-;/m111./s1. The number of Topliss-reactive ketones (excluding diaryl/α,β-unsaturated/α-hetero) is 1. The fourth-order valence-electron chi connectivity index (χ4n) is 8.89. The van der Waals surface area contributed by atoms with Crippen molar-refractivity contribution in [2.24, 2.45) is 0 Å². The Kier molecular flexibility index (Phi) is 33.4. The Labute approximate surface area is 509 Å². The summed E-state index contributed by atoms with van der Waals surface area (Å²) in [5.74, 6) is -0.448. The van der Waals surface area contributed by atoms with Gasteiger partial charge in [-0.3, -0.25) is 9.36 Å². The van der Waals surface area contributed by atoms with Crippen LogP contribution in [0.25, 0.3) is 0 Å². The molecule has 0 aromatic heterocycles. The van der Waals surface area contributed by atoms with E-state index in [2.05, 4.69) is 4.52 Å². The Bertz CT molecular complexity index is 2210. The molecule has 17 atom stereocenters. The summed E-state index contributed by atoms with van der Waals surface area (Å²) in [6.07, 6.45) is -4.19. The van der Waals surface area contributed by atoms with Crippen molar-refractivity contribution >= 4 is 87.9 Å². The Balaban J connectivity index is 0.000000337. The largest absolute Gasteiger partial charge is 0.790 e. The smallest absolute Gasteiger partial charge is 0.109 e. The van der Waals surface area contributed by atoms with E-state index in [0.717, 1.165) is 4.46 Å². The number of phosphoric acid groups is 3. The van der Waals surface area contributed by atoms with Gasteiger partial charge >= 0.3 is 211 Å². The molecular weight excluding hydrogens is 1220 g/mol. The van der Waals surface area contributed by atoms with Crippen LogP contribution in [-0.4, -0.2) is 224 Å². The number of phosphoric ester groups is 3. The van der Waals surface area contributed by atoms with Crippen LogP contribution < -0.4 is 24.0 Å². The van der Waals surface area contributed by atoms with Gasteiger partial charge in [-0.15, -0.1) is 0 Å². The molecule has 0 bridgehead atoms. The van der Waals surface area contributed by atoms with Gasteiger partial charge in [0.05, 0.1) is 58.2 Å². The number of benzene rings is 1. The average Bonchev–Trinajstić information content (AvgIpc) is 2.44. The third kappa shape index (κ3) is 28.4. The van der Waals surface area contributed by atoms with Crippen molar-refractivity contribution in [2.75, 3.05) is 33.0 Å². The number of carbonyl (C=O) groups is 1. The van der Waals surface area contributed by atoms with Crippen molar-refractivity contribution in [3.63, 3.8) is 0 Å². The number of rotatable bonds is 28. The summed E-state index contributed by atoms with van der Waals surface area (Å²) in [7, 11) is 14.6. The summed E-state index contributed by atoms with van der Waals surface area (Å²) < 4.78 is 117. The van der Waals surface area contributed by atoms with Gasteiger partial charge < -0.3 is 66.3 Å². The van der Waals surface area contributed by atoms with E-state index in [4.69, 9.17) is 110 Å². The van der Waals surface area contributed by atoms with Crippen LogP contribution in [0.15, 0.2) is 30.3 Å².